The Kier molecular flexibility index (Phi) is 124. The van der Waals surface area contributed by atoms with Gasteiger partial charge in [-0.2, -0.15) is 0 Å². The van der Waals surface area contributed by atoms with E-state index in [2.05, 4.69) is 0 Å². The predicted molar refractivity (Wildman–Crippen MR) is 8.86 cm³/mol. The maximum absolute atomic E-state index is 8.48. The van der Waals surface area contributed by atoms with E-state index in [4.69, 9.17) is 14.7 Å². The first kappa shape index (κ1) is 37.8. The van der Waals surface area contributed by atoms with E-state index in [1.165, 1.54) is 0 Å². The standard InChI is InChI=1S/4Na.O3P.H2O/c;;;;1-4(2)3;/h;;;;;1H2/q4*+1;-3;/p-1. The molecule has 0 unspecified atom stereocenters. The number of hydrogen-bond donors (Lipinski definition) is 0. The van der Waals surface area contributed by atoms with E-state index in [0.717, 1.165) is 0 Å². The molecule has 0 atom stereocenters. The normalized spacial score (nSPS) is 4.00. The Labute approximate surface area is 144 Å². The molecule has 0 fully saturated rings. The topological polar surface area (TPSA) is 99.2 Å². The van der Waals surface area contributed by atoms with Crippen molar-refractivity contribution in [3.05, 3.63) is 0 Å². The molecule has 1 N–H and O–H groups in total. The van der Waals surface area contributed by atoms with E-state index in [1.54, 1.807) is 0 Å². The minimum absolute atomic E-state index is 0. The van der Waals surface area contributed by atoms with E-state index >= 15 is 0 Å². The Balaban J connectivity index is -0.00000000450. The van der Waals surface area contributed by atoms with Crippen molar-refractivity contribution in [2.75, 3.05) is 0 Å². The zero-order chi connectivity index (χ0) is 3.58. The molecule has 0 rings (SSSR count). The third kappa shape index (κ3) is 71.0. The SMILES string of the molecule is [Na+].[Na+].[Na+].[Na+].[O-]P([O-])[O-].[OH-]. The molecule has 34 valence electrons. The van der Waals surface area contributed by atoms with E-state index in [1.807, 2.05) is 0 Å². The molecule has 4 nitrogen and oxygen atoms in total. The Morgan fingerprint density at radius 1 is 0.667 bits per heavy atom. The van der Waals surface area contributed by atoms with Crippen LogP contribution in [0.15, 0.2) is 0 Å². The van der Waals surface area contributed by atoms with E-state index in [9.17, 15) is 0 Å². The molecule has 0 saturated heterocycles. The van der Waals surface area contributed by atoms with Gasteiger partial charge in [0.25, 0.3) is 0 Å². The summed E-state index contributed by atoms with van der Waals surface area (Å²) in [4.78, 5) is 25.4. The molecule has 0 saturated carbocycles. The molecule has 0 aromatic heterocycles. The van der Waals surface area contributed by atoms with Gasteiger partial charge in [-0.1, -0.05) is 0 Å². The zero-order valence-corrected chi connectivity index (χ0v) is 15.0. The largest absolute Gasteiger partial charge is 1.00 e. The molecular weight excluding hydrogens is 187 g/mol. The van der Waals surface area contributed by atoms with Crippen LogP contribution in [0.5, 0.6) is 0 Å². The molecule has 0 aliphatic carbocycles. The van der Waals surface area contributed by atoms with E-state index in [-0.39, 0.29) is 124 Å². The minimum atomic E-state index is -3.37. The molecule has 0 aliphatic heterocycles. The van der Waals surface area contributed by atoms with Gasteiger partial charge in [0.1, 0.15) is 0 Å². The van der Waals surface area contributed by atoms with Crippen LogP contribution in [0.3, 0.4) is 0 Å². The van der Waals surface area contributed by atoms with Crippen LogP contribution in [-0.2, 0) is 0 Å². The van der Waals surface area contributed by atoms with Crippen LogP contribution in [0.2, 0.25) is 0 Å². The van der Waals surface area contributed by atoms with Crippen LogP contribution in [0.25, 0.3) is 0 Å². The van der Waals surface area contributed by atoms with Gasteiger partial charge in [0.15, 0.2) is 0 Å². The molecule has 0 aromatic carbocycles. The second-order valence-corrected chi connectivity index (χ2v) is 0.671. The molecule has 9 heavy (non-hydrogen) atoms. The van der Waals surface area contributed by atoms with Gasteiger partial charge in [-0.15, -0.1) is 0 Å². The second kappa shape index (κ2) is 29.5. The van der Waals surface area contributed by atoms with E-state index < -0.39 is 8.60 Å². The summed E-state index contributed by atoms with van der Waals surface area (Å²) in [6.07, 6.45) is 0. The van der Waals surface area contributed by atoms with Crippen molar-refractivity contribution in [2.24, 2.45) is 0 Å². The average molecular weight is 188 g/mol. The van der Waals surface area contributed by atoms with Crippen LogP contribution in [-0.4, -0.2) is 5.48 Å². The third-order valence-corrected chi connectivity index (χ3v) is 0. The monoisotopic (exact) mass is 188 g/mol. The summed E-state index contributed by atoms with van der Waals surface area (Å²) >= 11 is 0. The van der Waals surface area contributed by atoms with Crippen molar-refractivity contribution in [1.82, 2.24) is 0 Å². The molecule has 0 aromatic rings. The van der Waals surface area contributed by atoms with Gasteiger partial charge in [0.2, 0.25) is 0 Å². The first-order chi connectivity index (χ1) is 1.73. The first-order valence-corrected chi connectivity index (χ1v) is 1.64. The van der Waals surface area contributed by atoms with Crippen molar-refractivity contribution in [1.29, 1.82) is 0 Å². The van der Waals surface area contributed by atoms with Crippen LogP contribution >= 0.6 is 8.60 Å². The van der Waals surface area contributed by atoms with Crippen LogP contribution < -0.4 is 133 Å². The Morgan fingerprint density at radius 3 is 0.667 bits per heavy atom. The maximum Gasteiger partial charge on any atom is 1.00 e. The summed E-state index contributed by atoms with van der Waals surface area (Å²) in [6.45, 7) is 0. The third-order valence-electron chi connectivity index (χ3n) is 0. The number of hydrogen-bond acceptors (Lipinski definition) is 4. The van der Waals surface area contributed by atoms with Crippen molar-refractivity contribution >= 4 is 8.60 Å². The van der Waals surface area contributed by atoms with E-state index in [0.29, 0.717) is 0 Å². The Morgan fingerprint density at radius 2 is 0.667 bits per heavy atom. The predicted octanol–water partition coefficient (Wildman–Crippen LogP) is -14.9. The fraction of sp³-hybridized carbons (Fsp3) is 0. The van der Waals surface area contributed by atoms with Gasteiger partial charge in [-0.3, -0.25) is 0 Å². The smallest absolute Gasteiger partial charge is 0.870 e. The summed E-state index contributed by atoms with van der Waals surface area (Å²) in [5.74, 6) is 0. The van der Waals surface area contributed by atoms with Crippen LogP contribution in [0.1, 0.15) is 0 Å². The quantitative estimate of drug-likeness (QED) is 0.278. The zero-order valence-electron chi connectivity index (χ0n) is 6.12. The van der Waals surface area contributed by atoms with Crippen LogP contribution in [0.4, 0.5) is 0 Å². The first-order valence-electron chi connectivity index (χ1n) is 0.548. The van der Waals surface area contributed by atoms with Gasteiger partial charge < -0.3 is 28.8 Å². The molecule has 0 amide bonds. The molecule has 9 heteroatoms. The molecular formula is HNa4O4P. The van der Waals surface area contributed by atoms with Crippen molar-refractivity contribution < 1.29 is 138 Å². The summed E-state index contributed by atoms with van der Waals surface area (Å²) in [6, 6.07) is 0. The Hall–Kier alpha value is 4.27. The fourth-order valence-electron chi connectivity index (χ4n) is 0. The van der Waals surface area contributed by atoms with Crippen molar-refractivity contribution in [3.63, 3.8) is 0 Å². The molecule has 0 radical (unpaired) electrons. The van der Waals surface area contributed by atoms with Crippen LogP contribution in [0, 0.1) is 0 Å². The van der Waals surface area contributed by atoms with Gasteiger partial charge in [-0.25, -0.2) is 0 Å². The molecule has 0 spiro atoms. The minimum Gasteiger partial charge on any atom is -0.870 e. The summed E-state index contributed by atoms with van der Waals surface area (Å²) in [7, 11) is -3.37. The maximum atomic E-state index is 8.48. The fourth-order valence-corrected chi connectivity index (χ4v) is 0. The van der Waals surface area contributed by atoms with Crippen molar-refractivity contribution in [3.8, 4) is 0 Å². The Bertz CT molecular complexity index is 17.3. The molecule has 0 aliphatic rings. The number of rotatable bonds is 0. The summed E-state index contributed by atoms with van der Waals surface area (Å²) < 4.78 is 0. The van der Waals surface area contributed by atoms with Gasteiger partial charge in [-0.05, 0) is 0 Å². The molecule has 0 heterocycles. The molecule has 0 bridgehead atoms. The average Bonchev–Trinajstić information content (AvgIpc) is 0.811. The van der Waals surface area contributed by atoms with Gasteiger partial charge in [0, 0.05) is 0 Å². The van der Waals surface area contributed by atoms with Crippen molar-refractivity contribution in [2.45, 2.75) is 0 Å². The van der Waals surface area contributed by atoms with Gasteiger partial charge >= 0.3 is 118 Å². The van der Waals surface area contributed by atoms with Gasteiger partial charge in [0.05, 0.1) is 0 Å². The summed E-state index contributed by atoms with van der Waals surface area (Å²) in [5, 5.41) is 0. The second-order valence-electron chi connectivity index (χ2n) is 0.224. The summed E-state index contributed by atoms with van der Waals surface area (Å²) in [5.41, 5.74) is 0.